The Hall–Kier alpha value is -2.75. The second kappa shape index (κ2) is 4.38. The van der Waals surface area contributed by atoms with Crippen molar-refractivity contribution >= 4 is 27.7 Å². The molecule has 0 spiro atoms. The summed E-state index contributed by atoms with van der Waals surface area (Å²) in [5.74, 6) is 0.670. The van der Waals surface area contributed by atoms with Crippen molar-refractivity contribution in [3.8, 4) is 0 Å². The maximum Gasteiger partial charge on any atom is 0.215 e. The Bertz CT molecular complexity index is 949. The molecule has 0 atom stereocenters. The van der Waals surface area contributed by atoms with Crippen molar-refractivity contribution in [3.63, 3.8) is 0 Å². The summed E-state index contributed by atoms with van der Waals surface area (Å²) >= 11 is 0. The molecule has 21 heavy (non-hydrogen) atoms. The number of hydrogen-bond donors (Lipinski definition) is 1. The van der Waals surface area contributed by atoms with Gasteiger partial charge in [0.25, 0.3) is 0 Å². The summed E-state index contributed by atoms with van der Waals surface area (Å²) in [7, 11) is 0. The minimum absolute atomic E-state index is 0.600. The molecule has 4 rings (SSSR count). The molecule has 2 aromatic heterocycles. The monoisotopic (exact) mass is 277 g/mol. The summed E-state index contributed by atoms with van der Waals surface area (Å²) in [6.45, 7) is 2.71. The van der Waals surface area contributed by atoms with E-state index in [-0.39, 0.29) is 0 Å². The first-order valence-corrected chi connectivity index (χ1v) is 6.91. The molecule has 2 heterocycles. The average molecular weight is 277 g/mol. The molecule has 0 saturated heterocycles. The summed E-state index contributed by atoms with van der Waals surface area (Å²) in [5, 5.41) is 1.26. The van der Waals surface area contributed by atoms with Crippen LogP contribution in [-0.4, -0.2) is 9.55 Å². The van der Waals surface area contributed by atoms with Crippen molar-refractivity contribution in [1.82, 2.24) is 9.55 Å². The number of para-hydroxylation sites is 2. The van der Waals surface area contributed by atoms with Crippen LogP contribution in [0.5, 0.6) is 0 Å². The predicted molar refractivity (Wildman–Crippen MR) is 84.2 cm³/mol. The fourth-order valence-corrected chi connectivity index (χ4v) is 2.79. The van der Waals surface area contributed by atoms with Gasteiger partial charge in [0.2, 0.25) is 5.89 Å². The lowest BCUT2D eigenvalue weighted by atomic mass is 10.2. The molecule has 0 unspecified atom stereocenters. The SMILES string of the molecule is Cc1cn(Cc2nc3c(N)cccc3o2)c2ccccc12. The number of nitrogens with two attached hydrogens (primary N) is 1. The minimum atomic E-state index is 0.600. The van der Waals surface area contributed by atoms with E-state index in [1.807, 2.05) is 24.3 Å². The highest BCUT2D eigenvalue weighted by Gasteiger charge is 2.11. The van der Waals surface area contributed by atoms with E-state index in [4.69, 9.17) is 10.2 Å². The summed E-state index contributed by atoms with van der Waals surface area (Å²) in [6.07, 6.45) is 2.13. The lowest BCUT2D eigenvalue weighted by Gasteiger charge is -2.01. The van der Waals surface area contributed by atoms with Crippen LogP contribution in [-0.2, 0) is 6.54 Å². The van der Waals surface area contributed by atoms with E-state index < -0.39 is 0 Å². The molecule has 0 bridgehead atoms. The van der Waals surface area contributed by atoms with E-state index in [0.717, 1.165) is 11.1 Å². The zero-order chi connectivity index (χ0) is 14.4. The van der Waals surface area contributed by atoms with E-state index >= 15 is 0 Å². The lowest BCUT2D eigenvalue weighted by Crippen LogP contribution is -1.97. The van der Waals surface area contributed by atoms with Gasteiger partial charge in [-0.2, -0.15) is 0 Å². The second-order valence-corrected chi connectivity index (χ2v) is 5.26. The van der Waals surface area contributed by atoms with Crippen LogP contribution < -0.4 is 5.73 Å². The van der Waals surface area contributed by atoms with Crippen molar-refractivity contribution in [3.05, 3.63) is 60.1 Å². The molecule has 104 valence electrons. The molecular formula is C17H15N3O. The maximum absolute atomic E-state index is 5.93. The van der Waals surface area contributed by atoms with Gasteiger partial charge in [0.15, 0.2) is 5.58 Å². The summed E-state index contributed by atoms with van der Waals surface area (Å²) in [5.41, 5.74) is 10.5. The number of benzene rings is 2. The Balaban J connectivity index is 1.81. The standard InChI is InChI=1S/C17H15N3O/c1-11-9-20(14-7-3-2-5-12(11)14)10-16-19-17-13(18)6-4-8-15(17)21-16/h2-9H,10,18H2,1H3. The third-order valence-electron chi connectivity index (χ3n) is 3.79. The van der Waals surface area contributed by atoms with Crippen molar-refractivity contribution in [2.45, 2.75) is 13.5 Å². The van der Waals surface area contributed by atoms with Crippen LogP contribution in [0.25, 0.3) is 22.0 Å². The van der Waals surface area contributed by atoms with E-state index in [1.165, 1.54) is 16.5 Å². The van der Waals surface area contributed by atoms with Crippen molar-refractivity contribution in [2.75, 3.05) is 5.73 Å². The van der Waals surface area contributed by atoms with Crippen LogP contribution in [0.4, 0.5) is 5.69 Å². The predicted octanol–water partition coefficient (Wildman–Crippen LogP) is 3.72. The van der Waals surface area contributed by atoms with Crippen molar-refractivity contribution in [1.29, 1.82) is 0 Å². The Labute approximate surface area is 121 Å². The number of fused-ring (bicyclic) bond motifs is 2. The molecular weight excluding hydrogens is 262 g/mol. The number of nitrogen functional groups attached to an aromatic ring is 1. The van der Waals surface area contributed by atoms with Crippen LogP contribution in [0.2, 0.25) is 0 Å². The second-order valence-electron chi connectivity index (χ2n) is 5.26. The highest BCUT2D eigenvalue weighted by atomic mass is 16.3. The summed E-state index contributed by atoms with van der Waals surface area (Å²) < 4.78 is 7.96. The van der Waals surface area contributed by atoms with E-state index in [9.17, 15) is 0 Å². The van der Waals surface area contributed by atoms with Gasteiger partial charge < -0.3 is 14.7 Å². The van der Waals surface area contributed by atoms with E-state index in [0.29, 0.717) is 18.1 Å². The fraction of sp³-hybridized carbons (Fsp3) is 0.118. The van der Waals surface area contributed by atoms with Crippen LogP contribution >= 0.6 is 0 Å². The quantitative estimate of drug-likeness (QED) is 0.568. The van der Waals surface area contributed by atoms with Crippen LogP contribution in [0.15, 0.2) is 53.1 Å². The summed E-state index contributed by atoms with van der Waals surface area (Å²) in [4.78, 5) is 4.51. The average Bonchev–Trinajstić information content (AvgIpc) is 3.03. The van der Waals surface area contributed by atoms with Gasteiger partial charge in [0.1, 0.15) is 5.52 Å². The topological polar surface area (TPSA) is 57.0 Å². The number of aromatic nitrogens is 2. The number of anilines is 1. The Morgan fingerprint density at radius 1 is 1.14 bits per heavy atom. The van der Waals surface area contributed by atoms with Gasteiger partial charge >= 0.3 is 0 Å². The highest BCUT2D eigenvalue weighted by Crippen LogP contribution is 2.24. The fourth-order valence-electron chi connectivity index (χ4n) is 2.79. The zero-order valence-corrected chi connectivity index (χ0v) is 11.7. The third-order valence-corrected chi connectivity index (χ3v) is 3.79. The smallest absolute Gasteiger partial charge is 0.215 e. The van der Waals surface area contributed by atoms with Crippen LogP contribution in [0, 0.1) is 6.92 Å². The molecule has 0 saturated carbocycles. The number of aryl methyl sites for hydroxylation is 1. The molecule has 0 aliphatic rings. The molecule has 0 amide bonds. The Kier molecular flexibility index (Phi) is 2.51. The van der Waals surface area contributed by atoms with E-state index in [1.54, 1.807) is 0 Å². The molecule has 0 aliphatic heterocycles. The highest BCUT2D eigenvalue weighted by molar-refractivity contribution is 5.85. The normalized spacial score (nSPS) is 11.5. The maximum atomic E-state index is 5.93. The number of nitrogens with zero attached hydrogens (tertiary/aromatic N) is 2. The van der Waals surface area contributed by atoms with Gasteiger partial charge in [-0.05, 0) is 30.7 Å². The third kappa shape index (κ3) is 1.88. The molecule has 0 aliphatic carbocycles. The van der Waals surface area contributed by atoms with E-state index in [2.05, 4.69) is 40.9 Å². The van der Waals surface area contributed by atoms with Gasteiger partial charge in [-0.25, -0.2) is 4.98 Å². The minimum Gasteiger partial charge on any atom is -0.439 e. The van der Waals surface area contributed by atoms with Gasteiger partial charge in [0, 0.05) is 17.1 Å². The molecule has 4 heteroatoms. The first kappa shape index (κ1) is 12.0. The molecule has 0 fully saturated rings. The van der Waals surface area contributed by atoms with Crippen LogP contribution in [0.1, 0.15) is 11.5 Å². The van der Waals surface area contributed by atoms with Gasteiger partial charge in [-0.15, -0.1) is 0 Å². The Morgan fingerprint density at radius 2 is 2.00 bits per heavy atom. The lowest BCUT2D eigenvalue weighted by molar-refractivity contribution is 0.513. The van der Waals surface area contributed by atoms with Gasteiger partial charge in [0.05, 0.1) is 12.2 Å². The molecule has 2 N–H and O–H groups in total. The summed E-state index contributed by atoms with van der Waals surface area (Å²) in [6, 6.07) is 13.9. The first-order valence-electron chi connectivity index (χ1n) is 6.91. The van der Waals surface area contributed by atoms with Gasteiger partial charge in [-0.1, -0.05) is 24.3 Å². The number of rotatable bonds is 2. The number of hydrogen-bond acceptors (Lipinski definition) is 3. The largest absolute Gasteiger partial charge is 0.439 e. The van der Waals surface area contributed by atoms with Crippen LogP contribution in [0.3, 0.4) is 0 Å². The molecule has 4 nitrogen and oxygen atoms in total. The molecule has 2 aromatic carbocycles. The van der Waals surface area contributed by atoms with Gasteiger partial charge in [-0.3, -0.25) is 0 Å². The molecule has 0 radical (unpaired) electrons. The molecule has 4 aromatic rings. The first-order chi connectivity index (χ1) is 10.2. The van der Waals surface area contributed by atoms with Crippen molar-refractivity contribution in [2.24, 2.45) is 0 Å². The van der Waals surface area contributed by atoms with Crippen molar-refractivity contribution < 1.29 is 4.42 Å². The zero-order valence-electron chi connectivity index (χ0n) is 11.7. The number of oxazole rings is 1. The Morgan fingerprint density at radius 3 is 2.86 bits per heavy atom.